The number of carbonyl (C=O) groups excluding carboxylic acids is 1. The van der Waals surface area contributed by atoms with Crippen molar-refractivity contribution in [3.63, 3.8) is 0 Å². The van der Waals surface area contributed by atoms with Crippen molar-refractivity contribution < 1.29 is 26.7 Å². The number of hydrogen-bond acceptors (Lipinski definition) is 1. The molecule has 1 aliphatic rings. The van der Waals surface area contributed by atoms with Crippen LogP contribution in [0.1, 0.15) is 30.6 Å². The molecule has 1 amide bonds. The van der Waals surface area contributed by atoms with Crippen LogP contribution in [0.2, 0.25) is 0 Å². The lowest BCUT2D eigenvalue weighted by molar-refractivity contribution is 0.0610. The first-order chi connectivity index (χ1) is 9.73. The van der Waals surface area contributed by atoms with Crippen LogP contribution >= 0.6 is 0 Å². The Kier molecular flexibility index (Phi) is 4.20. The highest BCUT2D eigenvalue weighted by molar-refractivity contribution is 5.95. The summed E-state index contributed by atoms with van der Waals surface area (Å²) >= 11 is 0. The van der Waals surface area contributed by atoms with E-state index in [9.17, 15) is 26.7 Å². The zero-order valence-corrected chi connectivity index (χ0v) is 11.5. The number of benzene rings is 1. The third-order valence-corrected chi connectivity index (χ3v) is 3.58. The SMILES string of the molecule is C[C@@H]1C[C@H](C)CN(C(=O)c2c(F)c(F)c(F)c(F)c2F)C1. The monoisotopic (exact) mass is 307 g/mol. The maximum atomic E-state index is 13.6. The van der Waals surface area contributed by atoms with Gasteiger partial charge in [0.2, 0.25) is 5.82 Å². The molecule has 0 aromatic heterocycles. The Balaban J connectivity index is 2.44. The van der Waals surface area contributed by atoms with Crippen LogP contribution in [0.4, 0.5) is 22.0 Å². The summed E-state index contributed by atoms with van der Waals surface area (Å²) in [5, 5.41) is 0. The van der Waals surface area contributed by atoms with Gasteiger partial charge in [-0.15, -0.1) is 0 Å². The van der Waals surface area contributed by atoms with Gasteiger partial charge >= 0.3 is 0 Å². The molecule has 0 radical (unpaired) electrons. The van der Waals surface area contributed by atoms with E-state index < -0.39 is 40.6 Å². The van der Waals surface area contributed by atoms with Crippen LogP contribution in [0.15, 0.2) is 0 Å². The quantitative estimate of drug-likeness (QED) is 0.442. The highest BCUT2D eigenvalue weighted by Crippen LogP contribution is 2.27. The Labute approximate surface area is 118 Å². The zero-order valence-electron chi connectivity index (χ0n) is 11.5. The lowest BCUT2D eigenvalue weighted by Crippen LogP contribution is -2.43. The number of rotatable bonds is 1. The summed E-state index contributed by atoms with van der Waals surface area (Å²) in [5.74, 6) is -11.6. The number of likely N-dealkylation sites (tertiary alicyclic amines) is 1. The average molecular weight is 307 g/mol. The maximum absolute atomic E-state index is 13.6. The summed E-state index contributed by atoms with van der Waals surface area (Å²) in [6.07, 6.45) is 0.834. The molecule has 2 rings (SSSR count). The van der Waals surface area contributed by atoms with Crippen molar-refractivity contribution in [3.8, 4) is 0 Å². The molecule has 0 N–H and O–H groups in total. The van der Waals surface area contributed by atoms with Gasteiger partial charge in [0, 0.05) is 13.1 Å². The van der Waals surface area contributed by atoms with Crippen molar-refractivity contribution >= 4 is 5.91 Å². The van der Waals surface area contributed by atoms with Gasteiger partial charge in [0.25, 0.3) is 5.91 Å². The smallest absolute Gasteiger partial charge is 0.260 e. The van der Waals surface area contributed by atoms with E-state index in [-0.39, 0.29) is 24.9 Å². The van der Waals surface area contributed by atoms with Crippen molar-refractivity contribution in [2.24, 2.45) is 11.8 Å². The number of halogens is 5. The van der Waals surface area contributed by atoms with Crippen molar-refractivity contribution in [3.05, 3.63) is 34.6 Å². The van der Waals surface area contributed by atoms with Gasteiger partial charge in [-0.1, -0.05) is 13.8 Å². The molecule has 116 valence electrons. The summed E-state index contributed by atoms with van der Waals surface area (Å²) in [7, 11) is 0. The number of carbonyl (C=O) groups is 1. The van der Waals surface area contributed by atoms with E-state index in [0.29, 0.717) is 0 Å². The molecule has 7 heteroatoms. The van der Waals surface area contributed by atoms with Crippen molar-refractivity contribution in [1.82, 2.24) is 4.90 Å². The van der Waals surface area contributed by atoms with E-state index in [1.165, 1.54) is 0 Å². The molecule has 1 saturated heterocycles. The van der Waals surface area contributed by atoms with Crippen LogP contribution in [0, 0.1) is 40.9 Å². The van der Waals surface area contributed by atoms with Gasteiger partial charge in [0.15, 0.2) is 23.3 Å². The van der Waals surface area contributed by atoms with Crippen LogP contribution in [-0.2, 0) is 0 Å². The van der Waals surface area contributed by atoms with Gasteiger partial charge in [0.05, 0.1) is 0 Å². The summed E-state index contributed by atoms with van der Waals surface area (Å²) in [5.41, 5.74) is -1.38. The molecule has 0 bridgehead atoms. The fourth-order valence-corrected chi connectivity index (χ4v) is 2.78. The van der Waals surface area contributed by atoms with E-state index in [1.807, 2.05) is 13.8 Å². The number of hydrogen-bond donors (Lipinski definition) is 0. The largest absolute Gasteiger partial charge is 0.338 e. The minimum Gasteiger partial charge on any atom is -0.338 e. The van der Waals surface area contributed by atoms with E-state index in [2.05, 4.69) is 0 Å². The summed E-state index contributed by atoms with van der Waals surface area (Å²) in [6.45, 7) is 4.16. The molecule has 0 aliphatic carbocycles. The number of amides is 1. The van der Waals surface area contributed by atoms with Crippen LogP contribution in [0.25, 0.3) is 0 Å². The van der Waals surface area contributed by atoms with E-state index >= 15 is 0 Å². The fraction of sp³-hybridized carbons (Fsp3) is 0.500. The second kappa shape index (κ2) is 5.61. The summed E-state index contributed by atoms with van der Waals surface area (Å²) in [6, 6.07) is 0. The van der Waals surface area contributed by atoms with Gasteiger partial charge in [-0.3, -0.25) is 4.79 Å². The molecule has 1 fully saturated rings. The van der Waals surface area contributed by atoms with Crippen LogP contribution in [0.5, 0.6) is 0 Å². The lowest BCUT2D eigenvalue weighted by Gasteiger charge is -2.35. The van der Waals surface area contributed by atoms with Gasteiger partial charge in [-0.2, -0.15) is 0 Å². The summed E-state index contributed by atoms with van der Waals surface area (Å²) < 4.78 is 66.5. The second-order valence-corrected chi connectivity index (χ2v) is 5.60. The van der Waals surface area contributed by atoms with Crippen molar-refractivity contribution in [2.45, 2.75) is 20.3 Å². The molecule has 0 spiro atoms. The third kappa shape index (κ3) is 2.73. The fourth-order valence-electron chi connectivity index (χ4n) is 2.78. The normalized spacial score (nSPS) is 22.5. The third-order valence-electron chi connectivity index (χ3n) is 3.58. The van der Waals surface area contributed by atoms with E-state index in [4.69, 9.17) is 0 Å². The van der Waals surface area contributed by atoms with Gasteiger partial charge < -0.3 is 4.90 Å². The predicted octanol–water partition coefficient (Wildman–Crippen LogP) is 3.50. The first-order valence-corrected chi connectivity index (χ1v) is 6.54. The molecule has 0 saturated carbocycles. The van der Waals surface area contributed by atoms with E-state index in [1.54, 1.807) is 0 Å². The van der Waals surface area contributed by atoms with Gasteiger partial charge in [-0.05, 0) is 18.3 Å². The Morgan fingerprint density at radius 1 is 0.857 bits per heavy atom. The van der Waals surface area contributed by atoms with Gasteiger partial charge in [0.1, 0.15) is 5.56 Å². The molecule has 2 nitrogen and oxygen atoms in total. The molecule has 0 unspecified atom stereocenters. The Morgan fingerprint density at radius 3 is 1.67 bits per heavy atom. The first-order valence-electron chi connectivity index (χ1n) is 6.54. The molecule has 1 heterocycles. The number of piperidine rings is 1. The van der Waals surface area contributed by atoms with E-state index in [0.717, 1.165) is 11.3 Å². The summed E-state index contributed by atoms with van der Waals surface area (Å²) in [4.78, 5) is 13.3. The zero-order chi connectivity index (χ0) is 15.9. The predicted molar refractivity (Wildman–Crippen MR) is 65.1 cm³/mol. The van der Waals surface area contributed by atoms with Crippen molar-refractivity contribution in [1.29, 1.82) is 0 Å². The molecule has 1 aliphatic heterocycles. The molecule has 1 aromatic carbocycles. The molecule has 1 aromatic rings. The highest BCUT2D eigenvalue weighted by atomic mass is 19.2. The first kappa shape index (κ1) is 15.7. The Hall–Kier alpha value is -1.66. The molecule has 21 heavy (non-hydrogen) atoms. The highest BCUT2D eigenvalue weighted by Gasteiger charge is 2.34. The molecule has 2 atom stereocenters. The molecular weight excluding hydrogens is 293 g/mol. The standard InChI is InChI=1S/C14H14F5NO/c1-6-3-7(2)5-20(4-6)14(21)8-9(15)11(17)13(19)12(18)10(8)16/h6-7H,3-5H2,1-2H3/t6-,7+. The second-order valence-electron chi connectivity index (χ2n) is 5.60. The maximum Gasteiger partial charge on any atom is 0.260 e. The molecular formula is C14H14F5NO. The van der Waals surface area contributed by atoms with Crippen LogP contribution < -0.4 is 0 Å². The van der Waals surface area contributed by atoms with Gasteiger partial charge in [-0.25, -0.2) is 22.0 Å². The van der Waals surface area contributed by atoms with Crippen LogP contribution in [-0.4, -0.2) is 23.9 Å². The number of nitrogens with zero attached hydrogens (tertiary/aromatic N) is 1. The lowest BCUT2D eigenvalue weighted by atomic mass is 9.91. The Morgan fingerprint density at radius 2 is 1.24 bits per heavy atom. The van der Waals surface area contributed by atoms with Crippen LogP contribution in [0.3, 0.4) is 0 Å². The minimum atomic E-state index is -2.26. The minimum absolute atomic E-state index is 0.0963. The Bertz CT molecular complexity index is 550. The van der Waals surface area contributed by atoms with Crippen molar-refractivity contribution in [2.75, 3.05) is 13.1 Å². The topological polar surface area (TPSA) is 20.3 Å². The average Bonchev–Trinajstić information content (AvgIpc) is 2.42.